The molecule has 0 saturated heterocycles. The third-order valence-corrected chi connectivity index (χ3v) is 3.08. The first-order chi connectivity index (χ1) is 8.52. The third kappa shape index (κ3) is 5.07. The standard InChI is InChI=1S/C15H25NO2/c1-5-13(4)16-9-14(17)10-18-15-7-6-11(2)8-12(15)3/h6-8,13-14,16-17H,5,9-10H2,1-4H3/t13-,14+/m0/s1. The van der Waals surface area contributed by atoms with Crippen LogP contribution in [0.4, 0.5) is 0 Å². The molecule has 0 unspecified atom stereocenters. The van der Waals surface area contributed by atoms with E-state index in [0.29, 0.717) is 19.2 Å². The lowest BCUT2D eigenvalue weighted by Crippen LogP contribution is -2.36. The number of nitrogens with one attached hydrogen (secondary N) is 1. The van der Waals surface area contributed by atoms with Crippen LogP contribution < -0.4 is 10.1 Å². The average molecular weight is 251 g/mol. The molecule has 3 heteroatoms. The van der Waals surface area contributed by atoms with Crippen molar-refractivity contribution in [3.05, 3.63) is 29.3 Å². The molecule has 1 aromatic rings. The Bertz CT molecular complexity index is 366. The lowest BCUT2D eigenvalue weighted by molar-refractivity contribution is 0.103. The zero-order valence-electron chi connectivity index (χ0n) is 11.9. The summed E-state index contributed by atoms with van der Waals surface area (Å²) in [5, 5.41) is 13.1. The molecule has 0 aliphatic carbocycles. The molecule has 102 valence electrons. The number of rotatable bonds is 7. The number of aliphatic hydroxyl groups is 1. The number of benzene rings is 1. The van der Waals surface area contributed by atoms with E-state index in [0.717, 1.165) is 17.7 Å². The van der Waals surface area contributed by atoms with Gasteiger partial charge in [0.05, 0.1) is 0 Å². The van der Waals surface area contributed by atoms with E-state index >= 15 is 0 Å². The van der Waals surface area contributed by atoms with Crippen LogP contribution in [0.2, 0.25) is 0 Å². The third-order valence-electron chi connectivity index (χ3n) is 3.08. The molecule has 1 aromatic carbocycles. The molecule has 0 aliphatic rings. The summed E-state index contributed by atoms with van der Waals surface area (Å²) in [4.78, 5) is 0. The van der Waals surface area contributed by atoms with Gasteiger partial charge in [0.2, 0.25) is 0 Å². The average Bonchev–Trinajstić information content (AvgIpc) is 2.34. The predicted octanol–water partition coefficient (Wildman–Crippen LogP) is 2.43. The number of ether oxygens (including phenoxy) is 1. The monoisotopic (exact) mass is 251 g/mol. The minimum atomic E-state index is -0.472. The molecule has 3 nitrogen and oxygen atoms in total. The molecule has 0 aliphatic heterocycles. The van der Waals surface area contributed by atoms with Crippen LogP contribution in [0.25, 0.3) is 0 Å². The van der Waals surface area contributed by atoms with Crippen LogP contribution in [-0.2, 0) is 0 Å². The normalized spacial score (nSPS) is 14.3. The van der Waals surface area contributed by atoms with Gasteiger partial charge in [0, 0.05) is 12.6 Å². The first kappa shape index (κ1) is 15.0. The Morgan fingerprint density at radius 2 is 2.06 bits per heavy atom. The summed E-state index contributed by atoms with van der Waals surface area (Å²) in [5.74, 6) is 0.850. The van der Waals surface area contributed by atoms with Gasteiger partial charge in [-0.2, -0.15) is 0 Å². The minimum Gasteiger partial charge on any atom is -0.491 e. The number of aliphatic hydroxyl groups excluding tert-OH is 1. The molecule has 0 amide bonds. The molecule has 0 radical (unpaired) electrons. The first-order valence-electron chi connectivity index (χ1n) is 6.64. The molecule has 2 N–H and O–H groups in total. The highest BCUT2D eigenvalue weighted by molar-refractivity contribution is 5.35. The van der Waals surface area contributed by atoms with Gasteiger partial charge in [-0.1, -0.05) is 24.6 Å². The maximum absolute atomic E-state index is 9.81. The van der Waals surface area contributed by atoms with E-state index in [-0.39, 0.29) is 0 Å². The molecular formula is C15H25NO2. The molecule has 0 aromatic heterocycles. The second-order valence-electron chi connectivity index (χ2n) is 4.95. The van der Waals surface area contributed by atoms with E-state index in [1.54, 1.807) is 0 Å². The summed E-state index contributed by atoms with van der Waals surface area (Å²) in [6, 6.07) is 6.49. The summed E-state index contributed by atoms with van der Waals surface area (Å²) in [5.41, 5.74) is 2.33. The summed E-state index contributed by atoms with van der Waals surface area (Å²) in [6.07, 6.45) is 0.588. The lowest BCUT2D eigenvalue weighted by Gasteiger charge is -2.17. The summed E-state index contributed by atoms with van der Waals surface area (Å²) < 4.78 is 5.63. The van der Waals surface area contributed by atoms with Crippen molar-refractivity contribution in [2.75, 3.05) is 13.2 Å². The molecule has 0 bridgehead atoms. The Morgan fingerprint density at radius 1 is 1.33 bits per heavy atom. The van der Waals surface area contributed by atoms with Gasteiger partial charge in [-0.3, -0.25) is 0 Å². The van der Waals surface area contributed by atoms with Gasteiger partial charge in [0.1, 0.15) is 18.5 Å². The van der Waals surface area contributed by atoms with Crippen molar-refractivity contribution >= 4 is 0 Å². The number of aryl methyl sites for hydroxylation is 2. The van der Waals surface area contributed by atoms with E-state index in [1.165, 1.54) is 5.56 Å². The largest absolute Gasteiger partial charge is 0.491 e. The maximum atomic E-state index is 9.81. The molecular weight excluding hydrogens is 226 g/mol. The van der Waals surface area contributed by atoms with Crippen molar-refractivity contribution in [1.29, 1.82) is 0 Å². The van der Waals surface area contributed by atoms with Gasteiger partial charge < -0.3 is 15.2 Å². The van der Waals surface area contributed by atoms with Crippen LogP contribution in [0.5, 0.6) is 5.75 Å². The van der Waals surface area contributed by atoms with Gasteiger partial charge >= 0.3 is 0 Å². The van der Waals surface area contributed by atoms with Crippen LogP contribution in [0.15, 0.2) is 18.2 Å². The molecule has 0 saturated carbocycles. The van der Waals surface area contributed by atoms with E-state index in [9.17, 15) is 5.11 Å². The predicted molar refractivity (Wildman–Crippen MR) is 75.2 cm³/mol. The van der Waals surface area contributed by atoms with Gasteiger partial charge in [0.15, 0.2) is 0 Å². The fourth-order valence-electron chi connectivity index (χ4n) is 1.69. The quantitative estimate of drug-likeness (QED) is 0.782. The zero-order valence-corrected chi connectivity index (χ0v) is 11.9. The molecule has 2 atom stereocenters. The van der Waals surface area contributed by atoms with Crippen LogP contribution >= 0.6 is 0 Å². The van der Waals surface area contributed by atoms with Crippen molar-refractivity contribution in [1.82, 2.24) is 5.32 Å². The van der Waals surface area contributed by atoms with Crippen molar-refractivity contribution in [3.8, 4) is 5.75 Å². The number of hydrogen-bond acceptors (Lipinski definition) is 3. The number of hydrogen-bond donors (Lipinski definition) is 2. The van der Waals surface area contributed by atoms with Gasteiger partial charge in [-0.05, 0) is 38.8 Å². The van der Waals surface area contributed by atoms with Crippen LogP contribution in [0, 0.1) is 13.8 Å². The highest BCUT2D eigenvalue weighted by Gasteiger charge is 2.08. The van der Waals surface area contributed by atoms with Gasteiger partial charge in [0.25, 0.3) is 0 Å². The van der Waals surface area contributed by atoms with Crippen LogP contribution in [-0.4, -0.2) is 30.4 Å². The minimum absolute atomic E-state index is 0.327. The summed E-state index contributed by atoms with van der Waals surface area (Å²) in [7, 11) is 0. The van der Waals surface area contributed by atoms with Crippen LogP contribution in [0.3, 0.4) is 0 Å². The van der Waals surface area contributed by atoms with E-state index in [1.807, 2.05) is 19.1 Å². The highest BCUT2D eigenvalue weighted by Crippen LogP contribution is 2.18. The highest BCUT2D eigenvalue weighted by atomic mass is 16.5. The zero-order chi connectivity index (χ0) is 13.5. The van der Waals surface area contributed by atoms with E-state index < -0.39 is 6.10 Å². The first-order valence-corrected chi connectivity index (χ1v) is 6.64. The van der Waals surface area contributed by atoms with E-state index in [2.05, 4.69) is 32.2 Å². The lowest BCUT2D eigenvalue weighted by atomic mass is 10.1. The summed E-state index contributed by atoms with van der Waals surface area (Å²) in [6.45, 7) is 9.20. The van der Waals surface area contributed by atoms with Gasteiger partial charge in [-0.15, -0.1) is 0 Å². The second kappa shape index (κ2) is 7.39. The molecule has 18 heavy (non-hydrogen) atoms. The molecule has 0 spiro atoms. The van der Waals surface area contributed by atoms with E-state index in [4.69, 9.17) is 4.74 Å². The summed E-state index contributed by atoms with van der Waals surface area (Å²) >= 11 is 0. The molecule has 0 fully saturated rings. The van der Waals surface area contributed by atoms with Crippen molar-refractivity contribution in [2.45, 2.75) is 46.3 Å². The Labute approximate surface area is 110 Å². The topological polar surface area (TPSA) is 41.5 Å². The van der Waals surface area contributed by atoms with Crippen molar-refractivity contribution in [2.24, 2.45) is 0 Å². The SMILES string of the molecule is CC[C@H](C)NC[C@@H](O)COc1ccc(C)cc1C. The Morgan fingerprint density at radius 3 is 2.67 bits per heavy atom. The Kier molecular flexibility index (Phi) is 6.16. The maximum Gasteiger partial charge on any atom is 0.122 e. The van der Waals surface area contributed by atoms with Crippen molar-refractivity contribution in [3.63, 3.8) is 0 Å². The fraction of sp³-hybridized carbons (Fsp3) is 0.600. The smallest absolute Gasteiger partial charge is 0.122 e. The van der Waals surface area contributed by atoms with Crippen molar-refractivity contribution < 1.29 is 9.84 Å². The molecule has 1 rings (SSSR count). The Balaban J connectivity index is 2.35. The molecule has 0 heterocycles. The second-order valence-corrected chi connectivity index (χ2v) is 4.95. The Hall–Kier alpha value is -1.06. The van der Waals surface area contributed by atoms with Gasteiger partial charge in [-0.25, -0.2) is 0 Å². The van der Waals surface area contributed by atoms with Crippen LogP contribution in [0.1, 0.15) is 31.4 Å². The fourth-order valence-corrected chi connectivity index (χ4v) is 1.69.